The van der Waals surface area contributed by atoms with E-state index < -0.39 is 0 Å². The summed E-state index contributed by atoms with van der Waals surface area (Å²) in [6.07, 6.45) is 3.91. The van der Waals surface area contributed by atoms with E-state index in [9.17, 15) is 4.79 Å². The summed E-state index contributed by atoms with van der Waals surface area (Å²) in [7, 11) is 1.92. The van der Waals surface area contributed by atoms with Crippen molar-refractivity contribution in [2.75, 3.05) is 7.05 Å². The second kappa shape index (κ2) is 7.21. The third-order valence-corrected chi connectivity index (χ3v) is 3.41. The van der Waals surface area contributed by atoms with Gasteiger partial charge < -0.3 is 15.2 Å². The quantitative estimate of drug-likeness (QED) is 0.779. The number of carbonyl (C=O) groups is 1. The molecule has 0 aromatic carbocycles. The molecule has 0 saturated heterocycles. The van der Waals surface area contributed by atoms with Gasteiger partial charge in [0, 0.05) is 24.0 Å². The predicted molar refractivity (Wildman–Crippen MR) is 74.4 cm³/mol. The van der Waals surface area contributed by atoms with Crippen molar-refractivity contribution in [2.45, 2.75) is 52.2 Å². The minimum Gasteiger partial charge on any atom is -0.352 e. The van der Waals surface area contributed by atoms with E-state index in [1.165, 1.54) is 0 Å². The van der Waals surface area contributed by atoms with Crippen molar-refractivity contribution in [1.29, 1.82) is 0 Å². The smallest absolute Gasteiger partial charge is 0.240 e. The molecular weight excluding hydrogens is 226 g/mol. The van der Waals surface area contributed by atoms with Crippen molar-refractivity contribution in [3.8, 4) is 0 Å². The molecule has 18 heavy (non-hydrogen) atoms. The Kier molecular flexibility index (Phi) is 5.92. The van der Waals surface area contributed by atoms with Crippen molar-refractivity contribution >= 4 is 5.91 Å². The van der Waals surface area contributed by atoms with Gasteiger partial charge in [-0.3, -0.25) is 4.79 Å². The summed E-state index contributed by atoms with van der Waals surface area (Å²) in [5.41, 5.74) is 1.14. The second-order valence-electron chi connectivity index (χ2n) is 4.65. The lowest BCUT2D eigenvalue weighted by Crippen LogP contribution is -2.36. The SMILES string of the molecule is CCC(CC)NC(=O)Cn1cccc1C(C)NC. The Morgan fingerprint density at radius 2 is 2.06 bits per heavy atom. The van der Waals surface area contributed by atoms with Gasteiger partial charge in [-0.15, -0.1) is 0 Å². The number of nitrogens with zero attached hydrogens (tertiary/aromatic N) is 1. The van der Waals surface area contributed by atoms with Crippen LogP contribution in [-0.4, -0.2) is 23.6 Å². The molecule has 1 atom stereocenters. The molecule has 0 aliphatic heterocycles. The summed E-state index contributed by atoms with van der Waals surface area (Å²) in [5, 5.41) is 6.25. The largest absolute Gasteiger partial charge is 0.352 e. The Morgan fingerprint density at radius 1 is 1.39 bits per heavy atom. The van der Waals surface area contributed by atoms with Crippen LogP contribution in [0.15, 0.2) is 18.3 Å². The number of hydrogen-bond acceptors (Lipinski definition) is 2. The van der Waals surface area contributed by atoms with E-state index in [1.807, 2.05) is 29.9 Å². The van der Waals surface area contributed by atoms with E-state index in [-0.39, 0.29) is 11.9 Å². The average molecular weight is 251 g/mol. The molecule has 1 aromatic rings. The molecule has 0 aliphatic carbocycles. The molecule has 4 nitrogen and oxygen atoms in total. The summed E-state index contributed by atoms with van der Waals surface area (Å²) >= 11 is 0. The predicted octanol–water partition coefficient (Wildman–Crippen LogP) is 2.07. The summed E-state index contributed by atoms with van der Waals surface area (Å²) in [5.74, 6) is 0.0875. The molecule has 1 aromatic heterocycles. The van der Waals surface area contributed by atoms with Crippen LogP contribution in [0.25, 0.3) is 0 Å². The molecule has 0 fully saturated rings. The normalized spacial score (nSPS) is 12.7. The Balaban J connectivity index is 2.62. The van der Waals surface area contributed by atoms with E-state index in [2.05, 4.69) is 31.4 Å². The Morgan fingerprint density at radius 3 is 2.61 bits per heavy atom. The maximum absolute atomic E-state index is 11.9. The third kappa shape index (κ3) is 3.88. The Bertz CT molecular complexity index is 369. The van der Waals surface area contributed by atoms with Gasteiger partial charge in [-0.25, -0.2) is 0 Å². The van der Waals surface area contributed by atoms with Gasteiger partial charge in [0.1, 0.15) is 6.54 Å². The molecule has 2 N–H and O–H groups in total. The number of hydrogen-bond donors (Lipinski definition) is 2. The van der Waals surface area contributed by atoms with Crippen molar-refractivity contribution in [3.63, 3.8) is 0 Å². The molecule has 1 rings (SSSR count). The van der Waals surface area contributed by atoms with Crippen LogP contribution >= 0.6 is 0 Å². The zero-order chi connectivity index (χ0) is 13.5. The van der Waals surface area contributed by atoms with E-state index in [4.69, 9.17) is 0 Å². The molecule has 0 bridgehead atoms. The van der Waals surface area contributed by atoms with Crippen molar-refractivity contribution in [1.82, 2.24) is 15.2 Å². The summed E-state index contributed by atoms with van der Waals surface area (Å²) in [6, 6.07) is 4.57. The van der Waals surface area contributed by atoms with E-state index in [0.717, 1.165) is 18.5 Å². The first-order valence-electron chi connectivity index (χ1n) is 6.74. The van der Waals surface area contributed by atoms with Crippen LogP contribution < -0.4 is 10.6 Å². The Labute approximate surface area is 110 Å². The molecular formula is C14H25N3O. The molecule has 1 unspecified atom stereocenters. The highest BCUT2D eigenvalue weighted by molar-refractivity contribution is 5.76. The first-order chi connectivity index (χ1) is 8.62. The fourth-order valence-electron chi connectivity index (χ4n) is 2.03. The molecule has 0 radical (unpaired) electrons. The van der Waals surface area contributed by atoms with Crippen LogP contribution in [0.3, 0.4) is 0 Å². The minimum absolute atomic E-state index is 0.0875. The van der Waals surface area contributed by atoms with Gasteiger partial charge in [0.15, 0.2) is 0 Å². The van der Waals surface area contributed by atoms with Crippen LogP contribution in [-0.2, 0) is 11.3 Å². The van der Waals surface area contributed by atoms with Crippen molar-refractivity contribution < 1.29 is 4.79 Å². The first kappa shape index (κ1) is 14.8. The highest BCUT2D eigenvalue weighted by atomic mass is 16.2. The average Bonchev–Trinajstić information content (AvgIpc) is 2.82. The summed E-state index contributed by atoms with van der Waals surface area (Å²) in [4.78, 5) is 11.9. The topological polar surface area (TPSA) is 46.1 Å². The fraction of sp³-hybridized carbons (Fsp3) is 0.643. The maximum Gasteiger partial charge on any atom is 0.240 e. The maximum atomic E-state index is 11.9. The number of amides is 1. The van der Waals surface area contributed by atoms with Gasteiger partial charge in [0.2, 0.25) is 5.91 Å². The zero-order valence-corrected chi connectivity index (χ0v) is 11.9. The summed E-state index contributed by atoms with van der Waals surface area (Å²) < 4.78 is 2.00. The molecule has 1 amide bonds. The number of carbonyl (C=O) groups excluding carboxylic acids is 1. The van der Waals surface area contributed by atoms with Gasteiger partial charge in [-0.1, -0.05) is 13.8 Å². The molecule has 0 spiro atoms. The number of rotatable bonds is 7. The first-order valence-corrected chi connectivity index (χ1v) is 6.74. The highest BCUT2D eigenvalue weighted by Gasteiger charge is 2.12. The highest BCUT2D eigenvalue weighted by Crippen LogP contribution is 2.12. The van der Waals surface area contributed by atoms with Gasteiger partial charge in [-0.2, -0.15) is 0 Å². The van der Waals surface area contributed by atoms with Gasteiger partial charge in [-0.05, 0) is 38.9 Å². The van der Waals surface area contributed by atoms with E-state index in [1.54, 1.807) is 0 Å². The summed E-state index contributed by atoms with van der Waals surface area (Å²) in [6.45, 7) is 6.67. The van der Waals surface area contributed by atoms with Gasteiger partial charge in [0.25, 0.3) is 0 Å². The number of nitrogens with one attached hydrogen (secondary N) is 2. The lowest BCUT2D eigenvalue weighted by Gasteiger charge is -2.18. The van der Waals surface area contributed by atoms with Crippen LogP contribution in [0.4, 0.5) is 0 Å². The lowest BCUT2D eigenvalue weighted by molar-refractivity contribution is -0.122. The molecule has 4 heteroatoms. The van der Waals surface area contributed by atoms with Crippen molar-refractivity contribution in [2.24, 2.45) is 0 Å². The lowest BCUT2D eigenvalue weighted by atomic mass is 10.2. The van der Waals surface area contributed by atoms with E-state index in [0.29, 0.717) is 12.6 Å². The third-order valence-electron chi connectivity index (χ3n) is 3.41. The van der Waals surface area contributed by atoms with Gasteiger partial charge >= 0.3 is 0 Å². The molecule has 1 heterocycles. The second-order valence-corrected chi connectivity index (χ2v) is 4.65. The van der Waals surface area contributed by atoms with Gasteiger partial charge in [0.05, 0.1) is 0 Å². The fourth-order valence-corrected chi connectivity index (χ4v) is 2.03. The molecule has 0 saturated carbocycles. The standard InChI is InChI=1S/C14H25N3O/c1-5-12(6-2)16-14(18)10-17-9-7-8-13(17)11(3)15-4/h7-9,11-12,15H,5-6,10H2,1-4H3,(H,16,18). The minimum atomic E-state index is 0.0875. The monoisotopic (exact) mass is 251 g/mol. The molecule has 0 aliphatic rings. The van der Waals surface area contributed by atoms with Crippen molar-refractivity contribution in [3.05, 3.63) is 24.0 Å². The van der Waals surface area contributed by atoms with Crippen LogP contribution in [0.5, 0.6) is 0 Å². The van der Waals surface area contributed by atoms with Crippen LogP contribution in [0.2, 0.25) is 0 Å². The Hall–Kier alpha value is -1.29. The number of aromatic nitrogens is 1. The van der Waals surface area contributed by atoms with Crippen LogP contribution in [0, 0.1) is 0 Å². The van der Waals surface area contributed by atoms with Crippen LogP contribution in [0.1, 0.15) is 45.3 Å². The zero-order valence-electron chi connectivity index (χ0n) is 11.9. The molecule has 102 valence electrons. The van der Waals surface area contributed by atoms with E-state index >= 15 is 0 Å².